The highest BCUT2D eigenvalue weighted by Crippen LogP contribution is 2.20. The van der Waals surface area contributed by atoms with Crippen molar-refractivity contribution in [3.05, 3.63) is 48.6 Å². The largest absolute Gasteiger partial charge is 0.545 e. The molecule has 0 saturated carbocycles. The first-order valence-electron chi connectivity index (χ1n) is 38.8. The van der Waals surface area contributed by atoms with Gasteiger partial charge in [0.2, 0.25) is 0 Å². The van der Waals surface area contributed by atoms with Crippen LogP contribution in [0.3, 0.4) is 0 Å². The van der Waals surface area contributed by atoms with Crippen LogP contribution in [0, 0.1) is 0 Å². The van der Waals surface area contributed by atoms with Gasteiger partial charge in [0.25, 0.3) is 0 Å². The first kappa shape index (κ1) is 86.2. The Balaban J connectivity index is 3.97. The first-order chi connectivity index (χ1) is 43.6. The summed E-state index contributed by atoms with van der Waals surface area (Å²) in [7, 11) is 5.95. The average molecular weight is 1250 g/mol. The molecule has 0 aromatic rings. The minimum atomic E-state index is -1.62. The van der Waals surface area contributed by atoms with Crippen molar-refractivity contribution in [3.8, 4) is 0 Å². The number of nitrogens with zero attached hydrogens (tertiary/aromatic N) is 1. The molecule has 0 bridgehead atoms. The molecule has 0 aromatic carbocycles. The van der Waals surface area contributed by atoms with Crippen molar-refractivity contribution >= 4 is 17.9 Å². The molecule has 0 aliphatic carbocycles. The smallest absolute Gasteiger partial charge is 0.306 e. The van der Waals surface area contributed by atoms with Crippen LogP contribution in [-0.4, -0.2) is 82.3 Å². The number of rotatable bonds is 73. The fourth-order valence-electron chi connectivity index (χ4n) is 11.7. The molecule has 0 aromatic heterocycles. The van der Waals surface area contributed by atoms with Gasteiger partial charge in [-0.25, -0.2) is 0 Å². The summed E-state index contributed by atoms with van der Waals surface area (Å²) < 4.78 is 22.9. The lowest BCUT2D eigenvalue weighted by Crippen LogP contribution is -2.44. The van der Waals surface area contributed by atoms with E-state index < -0.39 is 24.3 Å². The van der Waals surface area contributed by atoms with Crippen LogP contribution in [0.5, 0.6) is 0 Å². The second kappa shape index (κ2) is 71.1. The van der Waals surface area contributed by atoms with E-state index in [2.05, 4.69) is 62.5 Å². The Hall–Kier alpha value is -2.75. The number of hydrogen-bond donors (Lipinski definition) is 0. The maximum Gasteiger partial charge on any atom is 0.306 e. The Bertz CT molecular complexity index is 1600. The third-order valence-electron chi connectivity index (χ3n) is 17.6. The molecule has 0 radical (unpaired) electrons. The maximum atomic E-state index is 12.9. The Morgan fingerprint density at radius 3 is 0.955 bits per heavy atom. The normalized spacial score (nSPS) is 12.9. The molecule has 89 heavy (non-hydrogen) atoms. The molecule has 0 heterocycles. The van der Waals surface area contributed by atoms with Crippen molar-refractivity contribution in [2.24, 2.45) is 0 Å². The van der Waals surface area contributed by atoms with Crippen LogP contribution in [0.25, 0.3) is 0 Å². The Morgan fingerprint density at radius 2 is 0.640 bits per heavy atom. The minimum absolute atomic E-state index is 0.149. The van der Waals surface area contributed by atoms with Crippen molar-refractivity contribution in [3.63, 3.8) is 0 Å². The van der Waals surface area contributed by atoms with Crippen LogP contribution in [0.2, 0.25) is 0 Å². The Kier molecular flexibility index (Phi) is 68.9. The number of carbonyl (C=O) groups is 3. The number of quaternary nitrogens is 1. The number of hydrogen-bond acceptors (Lipinski definition) is 8. The summed E-state index contributed by atoms with van der Waals surface area (Å²) in [6.07, 6.45) is 89.5. The van der Waals surface area contributed by atoms with Crippen LogP contribution in [-0.2, 0) is 33.3 Å². The first-order valence-corrected chi connectivity index (χ1v) is 38.8. The number of unbranched alkanes of at least 4 members (excludes halogenated alkanes) is 50. The molecule has 0 amide bonds. The molecule has 522 valence electrons. The minimum Gasteiger partial charge on any atom is -0.545 e. The van der Waals surface area contributed by atoms with Crippen LogP contribution < -0.4 is 5.11 Å². The summed E-state index contributed by atoms with van der Waals surface area (Å²) in [6, 6.07) is 0. The molecule has 9 heteroatoms. The van der Waals surface area contributed by atoms with E-state index >= 15 is 0 Å². The zero-order chi connectivity index (χ0) is 64.7. The van der Waals surface area contributed by atoms with Crippen LogP contribution in [0.1, 0.15) is 386 Å². The topological polar surface area (TPSA) is 111 Å². The number of carboxylic acid groups (broad SMARTS) is 1. The lowest BCUT2D eigenvalue weighted by atomic mass is 10.0. The molecule has 0 spiro atoms. The number of aliphatic carboxylic acids is 1. The summed E-state index contributed by atoms with van der Waals surface area (Å²) in [5.74, 6) is -2.26. The molecule has 2 atom stereocenters. The molecule has 0 N–H and O–H groups in total. The van der Waals surface area contributed by atoms with Crippen molar-refractivity contribution < 1.29 is 42.9 Å². The van der Waals surface area contributed by atoms with Crippen LogP contribution in [0.4, 0.5) is 0 Å². The molecule has 2 unspecified atom stereocenters. The molecule has 0 saturated heterocycles. The number of esters is 2. The highest BCUT2D eigenvalue weighted by Gasteiger charge is 2.22. The van der Waals surface area contributed by atoms with Crippen LogP contribution in [0.15, 0.2) is 48.6 Å². The molecule has 0 aliphatic heterocycles. The summed E-state index contributed by atoms with van der Waals surface area (Å²) in [4.78, 5) is 37.6. The third-order valence-corrected chi connectivity index (χ3v) is 17.6. The zero-order valence-electron chi connectivity index (χ0n) is 59.8. The van der Waals surface area contributed by atoms with E-state index in [1.165, 1.54) is 295 Å². The Morgan fingerprint density at radius 1 is 0.348 bits per heavy atom. The molecular weight excluding hydrogens is 1100 g/mol. The number of carboxylic acids is 1. The summed E-state index contributed by atoms with van der Waals surface area (Å²) in [5, 5.41) is 11.8. The summed E-state index contributed by atoms with van der Waals surface area (Å²) in [5.41, 5.74) is 0. The van der Waals surface area contributed by atoms with Gasteiger partial charge in [0, 0.05) is 12.8 Å². The standard InChI is InChI=1S/C80H149NO8/c1-6-8-10-12-14-16-18-20-22-24-26-28-30-32-34-35-36-37-38-39-40-41-42-43-45-46-48-50-52-54-56-58-60-62-64-66-68-70-77(82)87-74-76(75-88-80(79(84)85)86-73-72-81(3,4)5)89-78(83)71-69-67-65-63-61-59-57-55-53-51-49-47-44-33-31-29-27-25-23-21-19-17-15-13-11-9-7-2/h9,11,15,17,21,23,27,29,76,80H,6-8,10,12-14,16,18-20,22,24-26,28,30-75H2,1-5H3/b11-9-,17-15-,23-21-,29-27-. The van der Waals surface area contributed by atoms with Gasteiger partial charge < -0.3 is 33.3 Å². The number of ether oxygens (including phenoxy) is 4. The lowest BCUT2D eigenvalue weighted by Gasteiger charge is -2.26. The molecule has 0 rings (SSSR count). The quantitative estimate of drug-likeness (QED) is 0.0195. The SMILES string of the molecule is CC/C=C\C/C=C\C/C=C\C/C=C\CCCCCCCCCCCCCCCCC(=O)OC(COC(=O)CCCCCCCCCCCCCCCCCCCCCCCCCCCCCCCCCCCCCCC)COC(OCC[N+](C)(C)C)C(=O)[O-]. The van der Waals surface area contributed by atoms with E-state index in [-0.39, 0.29) is 32.2 Å². The van der Waals surface area contributed by atoms with Gasteiger partial charge in [0.15, 0.2) is 12.4 Å². The molecule has 0 aliphatic rings. The van der Waals surface area contributed by atoms with Gasteiger partial charge >= 0.3 is 11.9 Å². The van der Waals surface area contributed by atoms with Gasteiger partial charge in [-0.3, -0.25) is 9.59 Å². The number of allylic oxidation sites excluding steroid dienone is 8. The van der Waals surface area contributed by atoms with Crippen molar-refractivity contribution in [1.29, 1.82) is 0 Å². The second-order valence-electron chi connectivity index (χ2n) is 27.6. The van der Waals surface area contributed by atoms with Crippen LogP contribution >= 0.6 is 0 Å². The van der Waals surface area contributed by atoms with E-state index in [9.17, 15) is 19.5 Å². The monoisotopic (exact) mass is 1250 g/mol. The van der Waals surface area contributed by atoms with E-state index in [4.69, 9.17) is 18.9 Å². The number of likely N-dealkylation sites (N-methyl/N-ethyl adjacent to an activating group) is 1. The van der Waals surface area contributed by atoms with Crippen molar-refractivity contribution in [1.82, 2.24) is 0 Å². The molecular formula is C80H149NO8. The van der Waals surface area contributed by atoms with Gasteiger partial charge in [-0.15, -0.1) is 0 Å². The average Bonchev–Trinajstić information content (AvgIpc) is 3.64. The fourth-order valence-corrected chi connectivity index (χ4v) is 11.7. The van der Waals surface area contributed by atoms with Crippen molar-refractivity contribution in [2.45, 2.75) is 399 Å². The number of carbonyl (C=O) groups excluding carboxylic acids is 3. The van der Waals surface area contributed by atoms with Gasteiger partial charge in [-0.1, -0.05) is 371 Å². The zero-order valence-corrected chi connectivity index (χ0v) is 59.8. The fraction of sp³-hybridized carbons (Fsp3) is 0.863. The molecule has 9 nitrogen and oxygen atoms in total. The van der Waals surface area contributed by atoms with Gasteiger partial charge in [0.1, 0.15) is 13.2 Å². The van der Waals surface area contributed by atoms with E-state index in [0.29, 0.717) is 23.9 Å². The summed E-state index contributed by atoms with van der Waals surface area (Å²) in [6.45, 7) is 4.71. The second-order valence-corrected chi connectivity index (χ2v) is 27.6. The van der Waals surface area contributed by atoms with E-state index in [1.807, 2.05) is 21.1 Å². The highest BCUT2D eigenvalue weighted by molar-refractivity contribution is 5.70. The van der Waals surface area contributed by atoms with Gasteiger partial charge in [-0.05, 0) is 51.4 Å². The van der Waals surface area contributed by atoms with Gasteiger partial charge in [0.05, 0.1) is 40.3 Å². The van der Waals surface area contributed by atoms with E-state index in [1.54, 1.807) is 0 Å². The lowest BCUT2D eigenvalue weighted by molar-refractivity contribution is -0.870. The highest BCUT2D eigenvalue weighted by atomic mass is 16.7. The van der Waals surface area contributed by atoms with Gasteiger partial charge in [-0.2, -0.15) is 0 Å². The summed E-state index contributed by atoms with van der Waals surface area (Å²) >= 11 is 0. The molecule has 0 fully saturated rings. The maximum absolute atomic E-state index is 12.9. The predicted molar refractivity (Wildman–Crippen MR) is 380 cm³/mol. The van der Waals surface area contributed by atoms with E-state index in [0.717, 1.165) is 57.8 Å². The Labute approximate surface area is 553 Å². The predicted octanol–water partition coefficient (Wildman–Crippen LogP) is 23.1. The van der Waals surface area contributed by atoms with Crippen molar-refractivity contribution in [2.75, 3.05) is 47.5 Å². The third kappa shape index (κ3) is 72.5.